The highest BCUT2D eigenvalue weighted by molar-refractivity contribution is 6.30. The van der Waals surface area contributed by atoms with Crippen LogP contribution in [-0.4, -0.2) is 32.2 Å². The summed E-state index contributed by atoms with van der Waals surface area (Å²) < 4.78 is 54.1. The maximum atomic E-state index is 14.2. The number of benzene rings is 1. The topological polar surface area (TPSA) is 58.4 Å². The molecule has 0 fully saturated rings. The van der Waals surface area contributed by atoms with Gasteiger partial charge in [0.2, 0.25) is 0 Å². The van der Waals surface area contributed by atoms with Crippen molar-refractivity contribution in [2.24, 2.45) is 0 Å². The van der Waals surface area contributed by atoms with Gasteiger partial charge in [-0.1, -0.05) is 24.6 Å². The Morgan fingerprint density at radius 1 is 1.36 bits per heavy atom. The molecule has 1 N–H and O–H groups in total. The monoisotopic (exact) mass is 419 g/mol. The lowest BCUT2D eigenvalue weighted by molar-refractivity contribution is -0.137. The molecule has 28 heavy (non-hydrogen) atoms. The van der Waals surface area contributed by atoms with Crippen LogP contribution in [0.3, 0.4) is 0 Å². The van der Waals surface area contributed by atoms with Crippen molar-refractivity contribution in [1.29, 1.82) is 0 Å². The number of aromatic nitrogens is 2. The summed E-state index contributed by atoms with van der Waals surface area (Å²) in [6.45, 7) is 2.54. The van der Waals surface area contributed by atoms with E-state index in [0.29, 0.717) is 24.7 Å². The van der Waals surface area contributed by atoms with Crippen molar-refractivity contribution in [3.8, 4) is 0 Å². The third-order valence-electron chi connectivity index (χ3n) is 4.93. The Kier molecular flexibility index (Phi) is 5.56. The molecule has 0 aliphatic carbocycles. The van der Waals surface area contributed by atoms with Crippen LogP contribution >= 0.6 is 11.6 Å². The van der Waals surface area contributed by atoms with E-state index in [9.17, 15) is 27.5 Å². The van der Waals surface area contributed by atoms with E-state index in [1.165, 1.54) is 4.90 Å². The summed E-state index contributed by atoms with van der Waals surface area (Å²) >= 11 is 6.24. The van der Waals surface area contributed by atoms with Gasteiger partial charge < -0.3 is 9.67 Å². The minimum absolute atomic E-state index is 0.0569. The number of fused-ring (bicyclic) bond motifs is 1. The second-order valence-corrected chi connectivity index (χ2v) is 6.90. The van der Waals surface area contributed by atoms with E-state index in [-0.39, 0.29) is 30.1 Å². The van der Waals surface area contributed by atoms with Crippen molar-refractivity contribution in [2.45, 2.75) is 44.9 Å². The minimum Gasteiger partial charge on any atom is -0.465 e. The molecule has 1 unspecified atom stereocenters. The number of hydrogen-bond donors (Lipinski definition) is 1. The number of imidazole rings is 1. The first-order valence-corrected chi connectivity index (χ1v) is 9.11. The minimum atomic E-state index is -4.63. The van der Waals surface area contributed by atoms with Gasteiger partial charge in [0, 0.05) is 19.5 Å². The molecule has 0 radical (unpaired) electrons. The van der Waals surface area contributed by atoms with Gasteiger partial charge in [0.15, 0.2) is 5.15 Å². The summed E-state index contributed by atoms with van der Waals surface area (Å²) in [5, 5.41) is 9.72. The molecule has 1 atom stereocenters. The number of alkyl halides is 3. The highest BCUT2D eigenvalue weighted by Gasteiger charge is 2.35. The average molecular weight is 420 g/mol. The van der Waals surface area contributed by atoms with Crippen LogP contribution in [0.5, 0.6) is 0 Å². The summed E-state index contributed by atoms with van der Waals surface area (Å²) in [4.78, 5) is 17.1. The molecule has 0 spiro atoms. The van der Waals surface area contributed by atoms with Crippen molar-refractivity contribution in [3.05, 3.63) is 51.8 Å². The van der Waals surface area contributed by atoms with Crippen LogP contribution < -0.4 is 0 Å². The summed E-state index contributed by atoms with van der Waals surface area (Å²) in [6.07, 6.45) is -4.92. The Morgan fingerprint density at radius 3 is 2.64 bits per heavy atom. The number of aryl methyl sites for hydroxylation is 2. The molecule has 2 heterocycles. The lowest BCUT2D eigenvalue weighted by Crippen LogP contribution is -2.42. The van der Waals surface area contributed by atoms with Gasteiger partial charge >= 0.3 is 12.3 Å². The summed E-state index contributed by atoms with van der Waals surface area (Å²) in [5.74, 6) is -0.239. The number of halogens is 5. The summed E-state index contributed by atoms with van der Waals surface area (Å²) in [7, 11) is 0. The Hall–Kier alpha value is -2.29. The Labute approximate surface area is 163 Å². The molecule has 1 aromatic heterocycles. The first-order valence-electron chi connectivity index (χ1n) is 8.73. The zero-order valence-corrected chi connectivity index (χ0v) is 15.7. The van der Waals surface area contributed by atoms with Crippen molar-refractivity contribution in [2.75, 3.05) is 6.54 Å². The van der Waals surface area contributed by atoms with Gasteiger partial charge in [-0.05, 0) is 30.5 Å². The standard InChI is InChI=1S/C18H18ClF4N3O2/c1-2-14-24-16(19)15-13(25(17(27)28)7-8-26(14)15)6-4-10-3-5-11(9-12(10)20)18(21,22)23/h3,5,9,13H,2,4,6-8H2,1H3,(H,27,28). The van der Waals surface area contributed by atoms with Gasteiger partial charge in [-0.15, -0.1) is 0 Å². The SMILES string of the molecule is CCc1nc(Cl)c2n1CCN(C(=O)O)C2CCc1ccc(C(F)(F)F)cc1F. The number of hydrogen-bond acceptors (Lipinski definition) is 2. The fourth-order valence-electron chi connectivity index (χ4n) is 3.57. The zero-order chi connectivity index (χ0) is 20.6. The van der Waals surface area contributed by atoms with Gasteiger partial charge in [-0.3, -0.25) is 4.90 Å². The molecule has 0 saturated heterocycles. The molecule has 152 valence electrons. The molecule has 0 saturated carbocycles. The quantitative estimate of drug-likeness (QED) is 0.715. The van der Waals surface area contributed by atoms with E-state index < -0.39 is 29.7 Å². The maximum absolute atomic E-state index is 14.2. The second kappa shape index (κ2) is 7.62. The van der Waals surface area contributed by atoms with Gasteiger partial charge in [0.05, 0.1) is 17.3 Å². The highest BCUT2D eigenvalue weighted by Crippen LogP contribution is 2.36. The van der Waals surface area contributed by atoms with Crippen molar-refractivity contribution < 1.29 is 27.5 Å². The van der Waals surface area contributed by atoms with Crippen LogP contribution in [0.1, 0.15) is 42.0 Å². The van der Waals surface area contributed by atoms with E-state index in [1.807, 2.05) is 11.5 Å². The number of nitrogens with zero attached hydrogens (tertiary/aromatic N) is 3. The predicted octanol–water partition coefficient (Wildman–Crippen LogP) is 4.92. The van der Waals surface area contributed by atoms with Crippen LogP contribution in [0, 0.1) is 5.82 Å². The molecule has 1 aliphatic rings. The van der Waals surface area contributed by atoms with Crippen LogP contribution in [-0.2, 0) is 25.6 Å². The zero-order valence-electron chi connectivity index (χ0n) is 14.9. The molecule has 1 amide bonds. The molecule has 0 bridgehead atoms. The molecule has 1 aliphatic heterocycles. The first kappa shape index (κ1) is 20.4. The Morgan fingerprint density at radius 2 is 2.07 bits per heavy atom. The van der Waals surface area contributed by atoms with E-state index >= 15 is 0 Å². The lowest BCUT2D eigenvalue weighted by Gasteiger charge is -2.35. The van der Waals surface area contributed by atoms with Crippen molar-refractivity contribution in [1.82, 2.24) is 14.5 Å². The van der Waals surface area contributed by atoms with Gasteiger partial charge in [-0.25, -0.2) is 14.2 Å². The number of amides is 1. The van der Waals surface area contributed by atoms with Crippen LogP contribution in [0.4, 0.5) is 22.4 Å². The molecular weight excluding hydrogens is 402 g/mol. The predicted molar refractivity (Wildman–Crippen MR) is 93.8 cm³/mol. The lowest BCUT2D eigenvalue weighted by atomic mass is 9.99. The van der Waals surface area contributed by atoms with Gasteiger partial charge in [-0.2, -0.15) is 13.2 Å². The molecule has 10 heteroatoms. The summed E-state index contributed by atoms with van der Waals surface area (Å²) in [5.41, 5.74) is -0.436. The molecule has 1 aromatic carbocycles. The Bertz CT molecular complexity index is 898. The van der Waals surface area contributed by atoms with Crippen LogP contribution in [0.15, 0.2) is 18.2 Å². The van der Waals surface area contributed by atoms with E-state index in [2.05, 4.69) is 4.98 Å². The first-order chi connectivity index (χ1) is 13.1. The van der Waals surface area contributed by atoms with Crippen molar-refractivity contribution in [3.63, 3.8) is 0 Å². The Balaban J connectivity index is 1.88. The van der Waals surface area contributed by atoms with Crippen LogP contribution in [0.25, 0.3) is 0 Å². The largest absolute Gasteiger partial charge is 0.465 e. The van der Waals surface area contributed by atoms with E-state index in [4.69, 9.17) is 11.6 Å². The summed E-state index contributed by atoms with van der Waals surface area (Å²) in [6, 6.07) is 1.70. The van der Waals surface area contributed by atoms with E-state index in [0.717, 1.165) is 18.0 Å². The van der Waals surface area contributed by atoms with Gasteiger partial charge in [0.1, 0.15) is 11.6 Å². The third kappa shape index (κ3) is 3.80. The molecule has 5 nitrogen and oxygen atoms in total. The number of rotatable bonds is 4. The fourth-order valence-corrected chi connectivity index (χ4v) is 3.89. The smallest absolute Gasteiger partial charge is 0.416 e. The molecular formula is C18H18ClF4N3O2. The number of carbonyl (C=O) groups is 1. The second-order valence-electron chi connectivity index (χ2n) is 6.54. The van der Waals surface area contributed by atoms with Gasteiger partial charge in [0.25, 0.3) is 0 Å². The molecule has 2 aromatic rings. The molecule has 3 rings (SSSR count). The average Bonchev–Trinajstić information content (AvgIpc) is 2.95. The third-order valence-corrected chi connectivity index (χ3v) is 5.20. The van der Waals surface area contributed by atoms with Crippen LogP contribution in [0.2, 0.25) is 5.15 Å². The maximum Gasteiger partial charge on any atom is 0.416 e. The number of carboxylic acid groups (broad SMARTS) is 1. The van der Waals surface area contributed by atoms with Crippen molar-refractivity contribution >= 4 is 17.7 Å². The highest BCUT2D eigenvalue weighted by atomic mass is 35.5. The van der Waals surface area contributed by atoms with E-state index in [1.54, 1.807) is 0 Å². The normalized spacial score (nSPS) is 16.9. The fraction of sp³-hybridized carbons (Fsp3) is 0.444.